The van der Waals surface area contributed by atoms with E-state index < -0.39 is 0 Å². The van der Waals surface area contributed by atoms with Gasteiger partial charge < -0.3 is 10.1 Å². The first kappa shape index (κ1) is 18.2. The van der Waals surface area contributed by atoms with Crippen LogP contribution in [0.3, 0.4) is 0 Å². The summed E-state index contributed by atoms with van der Waals surface area (Å²) in [5.41, 5.74) is 2.66. The first-order valence-corrected chi connectivity index (χ1v) is 8.55. The minimum atomic E-state index is 0.355. The lowest BCUT2D eigenvalue weighted by Gasteiger charge is -2.16. The molecule has 0 saturated carbocycles. The van der Waals surface area contributed by atoms with Crippen molar-refractivity contribution in [2.24, 2.45) is 0 Å². The number of ether oxygens (including phenoxy) is 1. The van der Waals surface area contributed by atoms with Crippen LogP contribution in [0.25, 0.3) is 0 Å². The third-order valence-electron chi connectivity index (χ3n) is 3.81. The lowest BCUT2D eigenvalue weighted by molar-refractivity contribution is 0.0454. The van der Waals surface area contributed by atoms with Gasteiger partial charge in [-0.2, -0.15) is 0 Å². The molecule has 1 atom stereocenters. The Labute approximate surface area is 131 Å². The van der Waals surface area contributed by atoms with Crippen molar-refractivity contribution in [2.45, 2.75) is 85.1 Å². The van der Waals surface area contributed by atoms with Crippen LogP contribution in [-0.2, 0) is 17.9 Å². The first-order chi connectivity index (χ1) is 10.1. The van der Waals surface area contributed by atoms with E-state index >= 15 is 0 Å². The van der Waals surface area contributed by atoms with Crippen LogP contribution in [0.5, 0.6) is 0 Å². The van der Waals surface area contributed by atoms with Crippen molar-refractivity contribution < 1.29 is 4.74 Å². The van der Waals surface area contributed by atoms with Crippen LogP contribution < -0.4 is 5.32 Å². The zero-order valence-electron chi connectivity index (χ0n) is 14.3. The van der Waals surface area contributed by atoms with Gasteiger partial charge in [0.25, 0.3) is 0 Å². The van der Waals surface area contributed by atoms with E-state index in [4.69, 9.17) is 4.74 Å². The highest BCUT2D eigenvalue weighted by Crippen LogP contribution is 2.14. The van der Waals surface area contributed by atoms with Gasteiger partial charge in [-0.25, -0.2) is 0 Å². The fraction of sp³-hybridized carbons (Fsp3) is 0.684. The van der Waals surface area contributed by atoms with Crippen LogP contribution in [0.15, 0.2) is 24.3 Å². The molecule has 0 aliphatic carbocycles. The normalized spacial score (nSPS) is 12.8. The van der Waals surface area contributed by atoms with Crippen LogP contribution >= 0.6 is 0 Å². The molecule has 21 heavy (non-hydrogen) atoms. The summed E-state index contributed by atoms with van der Waals surface area (Å²) in [7, 11) is 0. The minimum absolute atomic E-state index is 0.355. The monoisotopic (exact) mass is 291 g/mol. The summed E-state index contributed by atoms with van der Waals surface area (Å²) < 4.78 is 6.03. The molecule has 0 bridgehead atoms. The number of hydrogen-bond donors (Lipinski definition) is 1. The molecular formula is C19H33NO. The Balaban J connectivity index is 2.36. The second kappa shape index (κ2) is 10.8. The Bertz CT molecular complexity index is 376. The van der Waals surface area contributed by atoms with Gasteiger partial charge in [0.15, 0.2) is 0 Å². The molecule has 1 aromatic rings. The van der Waals surface area contributed by atoms with E-state index in [1.807, 2.05) is 0 Å². The molecule has 2 heteroatoms. The number of benzene rings is 1. The van der Waals surface area contributed by atoms with Gasteiger partial charge in [-0.1, -0.05) is 70.7 Å². The van der Waals surface area contributed by atoms with E-state index in [-0.39, 0.29) is 0 Å². The SMILES string of the molecule is CCCCCCC(C)OCc1ccccc1CNC(C)C. The summed E-state index contributed by atoms with van der Waals surface area (Å²) in [6.45, 7) is 10.4. The lowest BCUT2D eigenvalue weighted by Crippen LogP contribution is -2.22. The highest BCUT2D eigenvalue weighted by Gasteiger charge is 2.06. The molecule has 1 aromatic carbocycles. The smallest absolute Gasteiger partial charge is 0.0723 e. The topological polar surface area (TPSA) is 21.3 Å². The van der Waals surface area contributed by atoms with Gasteiger partial charge in [0, 0.05) is 12.6 Å². The summed E-state index contributed by atoms with van der Waals surface area (Å²) in [5.74, 6) is 0. The fourth-order valence-electron chi connectivity index (χ4n) is 2.36. The third kappa shape index (κ3) is 8.23. The molecule has 0 aliphatic heterocycles. The van der Waals surface area contributed by atoms with E-state index in [1.54, 1.807) is 0 Å². The first-order valence-electron chi connectivity index (χ1n) is 8.55. The zero-order valence-corrected chi connectivity index (χ0v) is 14.3. The van der Waals surface area contributed by atoms with Gasteiger partial charge in [-0.05, 0) is 24.5 Å². The quantitative estimate of drug-likeness (QED) is 0.575. The molecule has 0 fully saturated rings. The Morgan fingerprint density at radius 1 is 1.00 bits per heavy atom. The van der Waals surface area contributed by atoms with E-state index in [0.29, 0.717) is 12.1 Å². The van der Waals surface area contributed by atoms with Gasteiger partial charge in [0.05, 0.1) is 12.7 Å². The van der Waals surface area contributed by atoms with E-state index in [9.17, 15) is 0 Å². The summed E-state index contributed by atoms with van der Waals surface area (Å²) in [6, 6.07) is 9.09. The van der Waals surface area contributed by atoms with Crippen LogP contribution in [0.1, 0.15) is 70.9 Å². The summed E-state index contributed by atoms with van der Waals surface area (Å²) in [4.78, 5) is 0. The van der Waals surface area contributed by atoms with Crippen molar-refractivity contribution in [3.05, 3.63) is 35.4 Å². The lowest BCUT2D eigenvalue weighted by atomic mass is 10.1. The van der Waals surface area contributed by atoms with Crippen molar-refractivity contribution in [3.63, 3.8) is 0 Å². The van der Waals surface area contributed by atoms with Crippen molar-refractivity contribution in [3.8, 4) is 0 Å². The minimum Gasteiger partial charge on any atom is -0.374 e. The molecule has 0 saturated heterocycles. The molecule has 1 rings (SSSR count). The zero-order chi connectivity index (χ0) is 15.5. The van der Waals surface area contributed by atoms with Crippen molar-refractivity contribution in [2.75, 3.05) is 0 Å². The van der Waals surface area contributed by atoms with Gasteiger partial charge in [0.2, 0.25) is 0 Å². The number of rotatable bonds is 11. The molecule has 1 unspecified atom stereocenters. The molecular weight excluding hydrogens is 258 g/mol. The standard InChI is InChI=1S/C19H33NO/c1-5-6-7-8-11-17(4)21-15-19-13-10-9-12-18(19)14-20-16(2)3/h9-10,12-13,16-17,20H,5-8,11,14-15H2,1-4H3. The number of hydrogen-bond acceptors (Lipinski definition) is 2. The molecule has 1 N–H and O–H groups in total. The third-order valence-corrected chi connectivity index (χ3v) is 3.81. The van der Waals surface area contributed by atoms with Gasteiger partial charge in [0.1, 0.15) is 0 Å². The van der Waals surface area contributed by atoms with Crippen LogP contribution in [0.2, 0.25) is 0 Å². The fourth-order valence-corrected chi connectivity index (χ4v) is 2.36. The molecule has 0 aliphatic rings. The number of unbranched alkanes of at least 4 members (excludes halogenated alkanes) is 3. The van der Waals surface area contributed by atoms with Gasteiger partial charge in [-0.3, -0.25) is 0 Å². The highest BCUT2D eigenvalue weighted by molar-refractivity contribution is 5.26. The van der Waals surface area contributed by atoms with Crippen LogP contribution in [0, 0.1) is 0 Å². The maximum absolute atomic E-state index is 6.03. The van der Waals surface area contributed by atoms with E-state index in [2.05, 4.69) is 57.3 Å². The van der Waals surface area contributed by atoms with Gasteiger partial charge >= 0.3 is 0 Å². The van der Waals surface area contributed by atoms with Crippen LogP contribution in [-0.4, -0.2) is 12.1 Å². The Morgan fingerprint density at radius 3 is 2.38 bits per heavy atom. The molecule has 0 amide bonds. The average Bonchev–Trinajstić information content (AvgIpc) is 2.48. The molecule has 0 aromatic heterocycles. The Hall–Kier alpha value is -0.860. The second-order valence-corrected chi connectivity index (χ2v) is 6.28. The summed E-state index contributed by atoms with van der Waals surface area (Å²) in [5, 5.41) is 3.48. The Kier molecular flexibility index (Phi) is 9.36. The van der Waals surface area contributed by atoms with Crippen molar-refractivity contribution in [1.82, 2.24) is 5.32 Å². The molecule has 2 nitrogen and oxygen atoms in total. The summed E-state index contributed by atoms with van der Waals surface area (Å²) in [6.07, 6.45) is 6.78. The highest BCUT2D eigenvalue weighted by atomic mass is 16.5. The number of nitrogens with one attached hydrogen (secondary N) is 1. The van der Waals surface area contributed by atoms with Crippen molar-refractivity contribution in [1.29, 1.82) is 0 Å². The average molecular weight is 291 g/mol. The van der Waals surface area contributed by atoms with Gasteiger partial charge in [-0.15, -0.1) is 0 Å². The maximum Gasteiger partial charge on any atom is 0.0723 e. The predicted molar refractivity (Wildman–Crippen MR) is 91.4 cm³/mol. The molecule has 0 radical (unpaired) electrons. The molecule has 0 spiro atoms. The van der Waals surface area contributed by atoms with E-state index in [1.165, 1.54) is 43.2 Å². The Morgan fingerprint density at radius 2 is 1.71 bits per heavy atom. The van der Waals surface area contributed by atoms with E-state index in [0.717, 1.165) is 13.2 Å². The molecule has 120 valence electrons. The van der Waals surface area contributed by atoms with Crippen molar-refractivity contribution >= 4 is 0 Å². The largest absolute Gasteiger partial charge is 0.374 e. The summed E-state index contributed by atoms with van der Waals surface area (Å²) >= 11 is 0. The second-order valence-electron chi connectivity index (χ2n) is 6.28. The predicted octanol–water partition coefficient (Wildman–Crippen LogP) is 5.06. The van der Waals surface area contributed by atoms with Crippen LogP contribution in [0.4, 0.5) is 0 Å². The maximum atomic E-state index is 6.03. The molecule has 0 heterocycles.